The number of rotatable bonds is 4. The summed E-state index contributed by atoms with van der Waals surface area (Å²) in [5.74, 6) is 0.408. The molecule has 3 rings (SSSR count). The van der Waals surface area contributed by atoms with Gasteiger partial charge in [-0.3, -0.25) is 4.79 Å². The van der Waals surface area contributed by atoms with Gasteiger partial charge in [0.2, 0.25) is 0 Å². The maximum Gasteiger partial charge on any atom is 0.310 e. The van der Waals surface area contributed by atoms with E-state index in [1.54, 1.807) is 0 Å². The van der Waals surface area contributed by atoms with Crippen molar-refractivity contribution in [3.8, 4) is 0 Å². The second kappa shape index (κ2) is 5.51. The lowest BCUT2D eigenvalue weighted by Gasteiger charge is -2.32. The molecule has 2 fully saturated rings. The number of esters is 1. The van der Waals surface area contributed by atoms with Crippen molar-refractivity contribution in [3.63, 3.8) is 0 Å². The van der Waals surface area contributed by atoms with Crippen LogP contribution in [0.1, 0.15) is 24.8 Å². The van der Waals surface area contributed by atoms with Crippen molar-refractivity contribution in [2.75, 3.05) is 0 Å². The highest BCUT2D eigenvalue weighted by molar-refractivity contribution is 5.76. The lowest BCUT2D eigenvalue weighted by atomic mass is 9.78. The predicted molar refractivity (Wildman–Crippen MR) is 83.7 cm³/mol. The first kappa shape index (κ1) is 14.1. The van der Waals surface area contributed by atoms with Gasteiger partial charge in [0.1, 0.15) is 5.60 Å². The molecule has 1 spiro atoms. The minimum atomic E-state index is -0.389. The van der Waals surface area contributed by atoms with E-state index in [1.165, 1.54) is 5.56 Å². The molecule has 21 heavy (non-hydrogen) atoms. The molecule has 0 bridgehead atoms. The minimum Gasteiger partial charge on any atom is -0.458 e. The fourth-order valence-corrected chi connectivity index (χ4v) is 4.05. The van der Waals surface area contributed by atoms with Gasteiger partial charge >= 0.3 is 5.97 Å². The second-order valence-corrected chi connectivity index (χ2v) is 6.23. The topological polar surface area (TPSA) is 26.3 Å². The Hall–Kier alpha value is -1.83. The Kier molecular flexibility index (Phi) is 3.71. The minimum absolute atomic E-state index is 0.0459. The van der Waals surface area contributed by atoms with E-state index in [0.29, 0.717) is 0 Å². The van der Waals surface area contributed by atoms with Crippen LogP contribution in [0.15, 0.2) is 55.6 Å². The maximum absolute atomic E-state index is 12.4. The van der Waals surface area contributed by atoms with Gasteiger partial charge in [0.15, 0.2) is 0 Å². The first-order valence-electron chi connectivity index (χ1n) is 7.71. The molecule has 0 N–H and O–H groups in total. The van der Waals surface area contributed by atoms with E-state index in [-0.39, 0.29) is 29.3 Å². The first-order chi connectivity index (χ1) is 10.2. The third-order valence-electron chi connectivity index (χ3n) is 5.13. The van der Waals surface area contributed by atoms with Crippen LogP contribution in [0.25, 0.3) is 0 Å². The van der Waals surface area contributed by atoms with Crippen LogP contribution in [-0.2, 0) is 16.0 Å². The Morgan fingerprint density at radius 2 is 1.76 bits per heavy atom. The molecular formula is C19H22O2. The molecule has 1 aliphatic carbocycles. The average molecular weight is 282 g/mol. The molecular weight excluding hydrogens is 260 g/mol. The summed E-state index contributed by atoms with van der Waals surface area (Å²) in [5, 5.41) is 0. The lowest BCUT2D eigenvalue weighted by molar-refractivity contribution is -0.154. The summed E-state index contributed by atoms with van der Waals surface area (Å²) in [4.78, 5) is 12.4. The van der Waals surface area contributed by atoms with E-state index in [9.17, 15) is 4.79 Å². The largest absolute Gasteiger partial charge is 0.458 e. The highest BCUT2D eigenvalue weighted by Gasteiger charge is 2.57. The molecule has 1 aliphatic heterocycles. The van der Waals surface area contributed by atoms with Crippen molar-refractivity contribution >= 4 is 5.97 Å². The molecule has 2 aliphatic rings. The number of carbonyl (C=O) groups excluding carboxylic acids is 1. The quantitative estimate of drug-likeness (QED) is 0.618. The molecule has 110 valence electrons. The highest BCUT2D eigenvalue weighted by Crippen LogP contribution is 2.52. The average Bonchev–Trinajstić information content (AvgIpc) is 3.00. The standard InChI is InChI=1S/C19H22O2/c1-3-16-10-11-17(4-2)19(16)13-15(18(20)21-19)12-14-8-6-5-7-9-14/h3-9,15-17H,1-2,10-13H2/t15-,16-,17+,19?/m0/s1. The zero-order valence-corrected chi connectivity index (χ0v) is 12.3. The van der Waals surface area contributed by atoms with E-state index in [4.69, 9.17) is 4.74 Å². The molecule has 1 saturated carbocycles. The number of benzene rings is 1. The molecule has 1 aromatic carbocycles. The van der Waals surface area contributed by atoms with E-state index in [2.05, 4.69) is 25.3 Å². The summed E-state index contributed by atoms with van der Waals surface area (Å²) >= 11 is 0. The summed E-state index contributed by atoms with van der Waals surface area (Å²) in [7, 11) is 0. The van der Waals surface area contributed by atoms with Crippen LogP contribution in [0.4, 0.5) is 0 Å². The summed E-state index contributed by atoms with van der Waals surface area (Å²) in [6.45, 7) is 7.88. The fraction of sp³-hybridized carbons (Fsp3) is 0.421. The number of ether oxygens (including phenoxy) is 1. The van der Waals surface area contributed by atoms with Gasteiger partial charge in [-0.05, 0) is 24.8 Å². The Morgan fingerprint density at radius 3 is 2.33 bits per heavy atom. The second-order valence-electron chi connectivity index (χ2n) is 6.23. The van der Waals surface area contributed by atoms with E-state index < -0.39 is 0 Å². The zero-order chi connectivity index (χ0) is 14.9. The monoisotopic (exact) mass is 282 g/mol. The van der Waals surface area contributed by atoms with Gasteiger partial charge < -0.3 is 4.74 Å². The zero-order valence-electron chi connectivity index (χ0n) is 12.3. The SMILES string of the molecule is C=C[C@@H]1CC[C@H](C=C)C12C[C@H](Cc1ccccc1)C(=O)O2. The predicted octanol–water partition coefficient (Wildman–Crippen LogP) is 3.93. The summed E-state index contributed by atoms with van der Waals surface area (Å²) in [6, 6.07) is 10.2. The molecule has 0 radical (unpaired) electrons. The van der Waals surface area contributed by atoms with Gasteiger partial charge in [-0.15, -0.1) is 13.2 Å². The van der Waals surface area contributed by atoms with Crippen molar-refractivity contribution in [2.24, 2.45) is 17.8 Å². The molecule has 1 unspecified atom stereocenters. The van der Waals surface area contributed by atoms with Gasteiger partial charge in [-0.1, -0.05) is 42.5 Å². The molecule has 2 heteroatoms. The third-order valence-corrected chi connectivity index (χ3v) is 5.13. The van der Waals surface area contributed by atoms with Crippen LogP contribution in [0.3, 0.4) is 0 Å². The van der Waals surface area contributed by atoms with Gasteiger partial charge in [-0.2, -0.15) is 0 Å². The van der Waals surface area contributed by atoms with E-state index in [0.717, 1.165) is 25.7 Å². The maximum atomic E-state index is 12.4. The number of hydrogen-bond acceptors (Lipinski definition) is 2. The highest BCUT2D eigenvalue weighted by atomic mass is 16.6. The fourth-order valence-electron chi connectivity index (χ4n) is 4.05. The van der Waals surface area contributed by atoms with Crippen LogP contribution in [0.2, 0.25) is 0 Å². The molecule has 0 aromatic heterocycles. The molecule has 1 saturated heterocycles. The summed E-state index contributed by atoms with van der Waals surface area (Å²) in [5.41, 5.74) is 0.805. The van der Waals surface area contributed by atoms with Crippen molar-refractivity contribution in [1.82, 2.24) is 0 Å². The molecule has 4 atom stereocenters. The molecule has 1 heterocycles. The van der Waals surface area contributed by atoms with Gasteiger partial charge in [0.05, 0.1) is 5.92 Å². The van der Waals surface area contributed by atoms with E-state index in [1.807, 2.05) is 30.4 Å². The molecule has 0 amide bonds. The number of carbonyl (C=O) groups is 1. The van der Waals surface area contributed by atoms with Crippen molar-refractivity contribution < 1.29 is 9.53 Å². The third kappa shape index (κ3) is 2.33. The van der Waals surface area contributed by atoms with Crippen LogP contribution in [0.5, 0.6) is 0 Å². The van der Waals surface area contributed by atoms with Crippen LogP contribution >= 0.6 is 0 Å². The molecule has 2 nitrogen and oxygen atoms in total. The molecule has 1 aromatic rings. The van der Waals surface area contributed by atoms with E-state index >= 15 is 0 Å². The Balaban J connectivity index is 1.82. The van der Waals surface area contributed by atoms with Crippen molar-refractivity contribution in [3.05, 3.63) is 61.2 Å². The Labute approximate surface area is 126 Å². The van der Waals surface area contributed by atoms with Crippen molar-refractivity contribution in [2.45, 2.75) is 31.3 Å². The number of hydrogen-bond donors (Lipinski definition) is 0. The Morgan fingerprint density at radius 1 is 1.14 bits per heavy atom. The van der Waals surface area contributed by atoms with Crippen LogP contribution in [-0.4, -0.2) is 11.6 Å². The van der Waals surface area contributed by atoms with Gasteiger partial charge in [0, 0.05) is 18.3 Å². The lowest BCUT2D eigenvalue weighted by Crippen LogP contribution is -2.38. The summed E-state index contributed by atoms with van der Waals surface area (Å²) < 4.78 is 5.92. The van der Waals surface area contributed by atoms with Crippen molar-refractivity contribution in [1.29, 1.82) is 0 Å². The van der Waals surface area contributed by atoms with Crippen LogP contribution < -0.4 is 0 Å². The smallest absolute Gasteiger partial charge is 0.310 e. The first-order valence-corrected chi connectivity index (χ1v) is 7.71. The van der Waals surface area contributed by atoms with Crippen LogP contribution in [0, 0.1) is 17.8 Å². The Bertz CT molecular complexity index is 530. The normalized spacial score (nSPS) is 34.9. The summed E-state index contributed by atoms with van der Waals surface area (Å²) in [6.07, 6.45) is 7.53. The van der Waals surface area contributed by atoms with Gasteiger partial charge in [0.25, 0.3) is 0 Å². The van der Waals surface area contributed by atoms with Gasteiger partial charge in [-0.25, -0.2) is 0 Å².